The second-order valence-electron chi connectivity index (χ2n) is 9.51. The van der Waals surface area contributed by atoms with Crippen LogP contribution in [-0.4, -0.2) is 64.3 Å². The highest BCUT2D eigenvalue weighted by atomic mass is 16.5. The highest BCUT2D eigenvalue weighted by molar-refractivity contribution is 6.08. The number of aliphatic hydroxyl groups excluding tert-OH is 1. The molecular formula is C26H31N5O5. The lowest BCUT2D eigenvalue weighted by Gasteiger charge is -2.29. The zero-order chi connectivity index (χ0) is 25.1. The van der Waals surface area contributed by atoms with Crippen molar-refractivity contribution in [1.82, 2.24) is 25.6 Å². The van der Waals surface area contributed by atoms with Crippen molar-refractivity contribution in [2.45, 2.75) is 50.6 Å². The number of amides is 2. The summed E-state index contributed by atoms with van der Waals surface area (Å²) in [7, 11) is 1.62. The van der Waals surface area contributed by atoms with E-state index in [1.54, 1.807) is 13.3 Å². The maximum atomic E-state index is 13.1. The first kappa shape index (κ1) is 24.1. The Bertz CT molecular complexity index is 1250. The molecule has 0 saturated heterocycles. The Morgan fingerprint density at radius 3 is 2.53 bits per heavy atom. The first-order valence-electron chi connectivity index (χ1n) is 12.4. The molecule has 0 unspecified atom stereocenters. The zero-order valence-corrected chi connectivity index (χ0v) is 20.3. The third kappa shape index (κ3) is 5.28. The van der Waals surface area contributed by atoms with Crippen LogP contribution in [0.15, 0.2) is 30.7 Å². The maximum absolute atomic E-state index is 13.1. The van der Waals surface area contributed by atoms with Gasteiger partial charge in [-0.2, -0.15) is 0 Å². The van der Waals surface area contributed by atoms with Gasteiger partial charge >= 0.3 is 0 Å². The van der Waals surface area contributed by atoms with Gasteiger partial charge in [0.2, 0.25) is 5.91 Å². The Labute approximate surface area is 208 Å². The summed E-state index contributed by atoms with van der Waals surface area (Å²) in [5, 5.41) is 14.8. The van der Waals surface area contributed by atoms with E-state index in [2.05, 4.69) is 25.6 Å². The number of nitrogens with one attached hydrogen (secondary N) is 3. The summed E-state index contributed by atoms with van der Waals surface area (Å²) in [4.78, 5) is 36.7. The summed E-state index contributed by atoms with van der Waals surface area (Å²) in [5.74, 6) is 1.42. The van der Waals surface area contributed by atoms with Crippen LogP contribution in [0.1, 0.15) is 48.9 Å². The number of carbonyl (C=O) groups is 2. The predicted octanol–water partition coefficient (Wildman–Crippen LogP) is 2.57. The number of aromatic amines is 1. The van der Waals surface area contributed by atoms with Crippen molar-refractivity contribution in [3.05, 3.63) is 36.3 Å². The van der Waals surface area contributed by atoms with E-state index in [4.69, 9.17) is 14.6 Å². The summed E-state index contributed by atoms with van der Waals surface area (Å²) in [6, 6.07) is 5.68. The highest BCUT2D eigenvalue weighted by Gasteiger charge is 2.26. The number of hydrogen-bond donors (Lipinski definition) is 4. The molecule has 0 spiro atoms. The molecule has 2 fully saturated rings. The number of fused-ring (bicyclic) bond motifs is 1. The average molecular weight is 494 g/mol. The van der Waals surface area contributed by atoms with Gasteiger partial charge in [0.15, 0.2) is 0 Å². The lowest BCUT2D eigenvalue weighted by atomic mass is 9.91. The van der Waals surface area contributed by atoms with Crippen molar-refractivity contribution < 1.29 is 24.2 Å². The molecular weight excluding hydrogens is 462 g/mol. The van der Waals surface area contributed by atoms with Crippen molar-refractivity contribution in [2.24, 2.45) is 5.92 Å². The van der Waals surface area contributed by atoms with E-state index in [9.17, 15) is 9.59 Å². The van der Waals surface area contributed by atoms with Gasteiger partial charge in [-0.15, -0.1) is 0 Å². The van der Waals surface area contributed by atoms with Crippen LogP contribution in [0.5, 0.6) is 11.5 Å². The molecule has 1 aromatic carbocycles. The molecule has 10 heteroatoms. The summed E-state index contributed by atoms with van der Waals surface area (Å²) in [6.45, 7) is 0.143. The Hall–Kier alpha value is -3.66. The largest absolute Gasteiger partial charge is 0.497 e. The lowest BCUT2D eigenvalue weighted by Crippen LogP contribution is -2.44. The molecule has 0 atom stereocenters. The average Bonchev–Trinajstić information content (AvgIpc) is 3.63. The molecule has 2 aliphatic carbocycles. The monoisotopic (exact) mass is 493 g/mol. The number of hydrogen-bond acceptors (Lipinski definition) is 7. The predicted molar refractivity (Wildman–Crippen MR) is 133 cm³/mol. The molecule has 5 rings (SSSR count). The first-order chi connectivity index (χ1) is 17.6. The Morgan fingerprint density at radius 1 is 1.08 bits per heavy atom. The van der Waals surface area contributed by atoms with E-state index < -0.39 is 6.61 Å². The van der Waals surface area contributed by atoms with Gasteiger partial charge in [-0.1, -0.05) is 0 Å². The number of rotatable bonds is 9. The molecule has 0 radical (unpaired) electrons. The minimum atomic E-state index is -0.508. The van der Waals surface area contributed by atoms with E-state index in [-0.39, 0.29) is 23.9 Å². The van der Waals surface area contributed by atoms with E-state index in [0.717, 1.165) is 31.2 Å². The normalized spacial score (nSPS) is 19.6. The molecule has 2 aliphatic rings. The van der Waals surface area contributed by atoms with E-state index in [1.165, 1.54) is 19.2 Å². The Kier molecular flexibility index (Phi) is 7.04. The molecule has 2 saturated carbocycles. The number of aliphatic hydroxyl groups is 1. The number of carbonyl (C=O) groups excluding carboxylic acids is 2. The van der Waals surface area contributed by atoms with Gasteiger partial charge in [0, 0.05) is 29.9 Å². The summed E-state index contributed by atoms with van der Waals surface area (Å²) in [6.07, 6.45) is 8.49. The molecule has 0 bridgehead atoms. The van der Waals surface area contributed by atoms with Crippen molar-refractivity contribution >= 4 is 22.8 Å². The Morgan fingerprint density at radius 2 is 1.83 bits per heavy atom. The van der Waals surface area contributed by atoms with Gasteiger partial charge in [0.05, 0.1) is 24.8 Å². The molecule has 2 heterocycles. The third-order valence-electron chi connectivity index (χ3n) is 6.89. The fraction of sp³-hybridized carbons (Fsp3) is 0.462. The molecule has 36 heavy (non-hydrogen) atoms. The SMILES string of the molecule is COc1ccc(-c2ncnc3c(C(=O)N[C@H]4CC[C@H](NC(=O)CO)CC4)c[nH]c23)c(OCC2CC2)c1. The van der Waals surface area contributed by atoms with Crippen molar-refractivity contribution in [2.75, 3.05) is 20.3 Å². The fourth-order valence-electron chi connectivity index (χ4n) is 4.67. The van der Waals surface area contributed by atoms with Crippen LogP contribution in [0.2, 0.25) is 0 Å². The molecule has 4 N–H and O–H groups in total. The minimum Gasteiger partial charge on any atom is -0.497 e. The first-order valence-corrected chi connectivity index (χ1v) is 12.4. The summed E-state index contributed by atoms with van der Waals surface area (Å²) < 4.78 is 11.5. The van der Waals surface area contributed by atoms with Crippen molar-refractivity contribution in [3.8, 4) is 22.8 Å². The fourth-order valence-corrected chi connectivity index (χ4v) is 4.67. The number of aromatic nitrogens is 3. The van der Waals surface area contributed by atoms with Crippen LogP contribution in [0, 0.1) is 5.92 Å². The number of methoxy groups -OCH3 is 1. The van der Waals surface area contributed by atoms with Crippen LogP contribution >= 0.6 is 0 Å². The van der Waals surface area contributed by atoms with Crippen LogP contribution in [0.25, 0.3) is 22.3 Å². The topological polar surface area (TPSA) is 138 Å². The van der Waals surface area contributed by atoms with Crippen LogP contribution < -0.4 is 20.1 Å². The van der Waals surface area contributed by atoms with E-state index in [1.807, 2.05) is 18.2 Å². The third-order valence-corrected chi connectivity index (χ3v) is 6.89. The van der Waals surface area contributed by atoms with E-state index >= 15 is 0 Å². The van der Waals surface area contributed by atoms with Gasteiger partial charge in [-0.3, -0.25) is 9.59 Å². The zero-order valence-electron chi connectivity index (χ0n) is 20.3. The van der Waals surface area contributed by atoms with Gasteiger partial charge < -0.3 is 30.2 Å². The lowest BCUT2D eigenvalue weighted by molar-refractivity contribution is -0.124. The van der Waals surface area contributed by atoms with Gasteiger partial charge in [0.1, 0.15) is 35.6 Å². The number of ether oxygens (including phenoxy) is 2. The van der Waals surface area contributed by atoms with Crippen molar-refractivity contribution in [3.63, 3.8) is 0 Å². The molecule has 0 aliphatic heterocycles. The summed E-state index contributed by atoms with van der Waals surface area (Å²) in [5.41, 5.74) is 3.14. The number of H-pyrrole nitrogens is 1. The van der Waals surface area contributed by atoms with Gasteiger partial charge in [-0.25, -0.2) is 9.97 Å². The maximum Gasteiger partial charge on any atom is 0.255 e. The molecule has 190 valence electrons. The van der Waals surface area contributed by atoms with Crippen LogP contribution in [0.3, 0.4) is 0 Å². The molecule has 2 aromatic heterocycles. The van der Waals surface area contributed by atoms with Crippen LogP contribution in [0.4, 0.5) is 0 Å². The minimum absolute atomic E-state index is 0.00931. The highest BCUT2D eigenvalue weighted by Crippen LogP contribution is 2.37. The number of benzene rings is 1. The summed E-state index contributed by atoms with van der Waals surface area (Å²) >= 11 is 0. The van der Waals surface area contributed by atoms with Crippen LogP contribution in [-0.2, 0) is 4.79 Å². The molecule has 10 nitrogen and oxygen atoms in total. The quantitative estimate of drug-likeness (QED) is 0.359. The standard InChI is InChI=1S/C26H31N5O5/c1-35-18-8-9-19(21(10-18)36-13-15-2-3-15)23-25-24(29-14-28-23)20(11-27-25)26(34)31-17-6-4-16(5-7-17)30-22(33)12-32/h8-11,14-17,27,32H,2-7,12-13H2,1H3,(H,30,33)(H,31,34)/t16-,17-. The van der Waals surface area contributed by atoms with Crippen molar-refractivity contribution in [1.29, 1.82) is 0 Å². The molecule has 3 aromatic rings. The Balaban J connectivity index is 1.33. The second-order valence-corrected chi connectivity index (χ2v) is 9.51. The smallest absolute Gasteiger partial charge is 0.255 e. The molecule has 2 amide bonds. The number of nitrogens with zero attached hydrogens (tertiary/aromatic N) is 2. The van der Waals surface area contributed by atoms with E-state index in [0.29, 0.717) is 46.3 Å². The van der Waals surface area contributed by atoms with Gasteiger partial charge in [0.25, 0.3) is 5.91 Å². The second kappa shape index (κ2) is 10.5. The van der Waals surface area contributed by atoms with Gasteiger partial charge in [-0.05, 0) is 56.6 Å².